The van der Waals surface area contributed by atoms with E-state index in [9.17, 15) is 9.90 Å². The number of fused-ring (bicyclic) bond motifs is 1. The van der Waals surface area contributed by atoms with E-state index in [2.05, 4.69) is 14.9 Å². The van der Waals surface area contributed by atoms with Crippen molar-refractivity contribution in [3.63, 3.8) is 0 Å². The van der Waals surface area contributed by atoms with Gasteiger partial charge in [-0.25, -0.2) is 4.98 Å². The van der Waals surface area contributed by atoms with Gasteiger partial charge in [-0.15, -0.1) is 11.3 Å². The van der Waals surface area contributed by atoms with Crippen molar-refractivity contribution < 1.29 is 5.11 Å². The maximum atomic E-state index is 12.2. The summed E-state index contributed by atoms with van der Waals surface area (Å²) in [5.41, 5.74) is 1.00. The Hall–Kier alpha value is -1.24. The van der Waals surface area contributed by atoms with Gasteiger partial charge in [0.2, 0.25) is 0 Å². The third kappa shape index (κ3) is 2.88. The van der Waals surface area contributed by atoms with Crippen molar-refractivity contribution in [2.24, 2.45) is 5.92 Å². The van der Waals surface area contributed by atoms with Crippen LogP contribution in [-0.2, 0) is 6.54 Å². The van der Waals surface area contributed by atoms with Gasteiger partial charge < -0.3 is 10.1 Å². The molecule has 1 saturated heterocycles. The van der Waals surface area contributed by atoms with Gasteiger partial charge in [-0.05, 0) is 44.7 Å². The zero-order chi connectivity index (χ0) is 15.0. The summed E-state index contributed by atoms with van der Waals surface area (Å²) in [5.74, 6) is 1.08. The lowest BCUT2D eigenvalue weighted by Crippen LogP contribution is -2.37. The number of piperidine rings is 1. The monoisotopic (exact) mass is 307 g/mol. The number of H-pyrrole nitrogens is 1. The third-order valence-corrected chi connectivity index (χ3v) is 5.42. The third-order valence-electron chi connectivity index (χ3n) is 4.32. The number of aliphatic hydroxyl groups is 1. The van der Waals surface area contributed by atoms with Gasteiger partial charge in [0.25, 0.3) is 5.56 Å². The molecule has 1 aliphatic heterocycles. The molecule has 1 aliphatic rings. The minimum atomic E-state index is -0.0347. The van der Waals surface area contributed by atoms with Crippen LogP contribution in [0, 0.1) is 19.8 Å². The van der Waals surface area contributed by atoms with Crippen LogP contribution in [0.15, 0.2) is 4.79 Å². The van der Waals surface area contributed by atoms with E-state index in [0.717, 1.165) is 52.4 Å². The lowest BCUT2D eigenvalue weighted by atomic mass is 9.99. The van der Waals surface area contributed by atoms with Crippen LogP contribution in [0.25, 0.3) is 10.2 Å². The quantitative estimate of drug-likeness (QED) is 0.907. The highest BCUT2D eigenvalue weighted by Crippen LogP contribution is 2.26. The van der Waals surface area contributed by atoms with Crippen LogP contribution in [-0.4, -0.2) is 39.7 Å². The fourth-order valence-corrected chi connectivity index (χ4v) is 4.08. The highest BCUT2D eigenvalue weighted by Gasteiger charge is 2.20. The number of hydrogen-bond acceptors (Lipinski definition) is 5. The number of likely N-dealkylation sites (tertiary alicyclic amines) is 1. The molecule has 0 radical (unpaired) electrons. The molecule has 0 spiro atoms. The fraction of sp³-hybridized carbons (Fsp3) is 0.600. The van der Waals surface area contributed by atoms with E-state index in [1.54, 1.807) is 11.3 Å². The van der Waals surface area contributed by atoms with Gasteiger partial charge in [0.1, 0.15) is 10.7 Å². The van der Waals surface area contributed by atoms with E-state index in [-0.39, 0.29) is 12.2 Å². The Balaban J connectivity index is 1.86. The van der Waals surface area contributed by atoms with Crippen LogP contribution in [0.5, 0.6) is 0 Å². The first-order valence-corrected chi connectivity index (χ1v) is 8.22. The summed E-state index contributed by atoms with van der Waals surface area (Å²) < 4.78 is 0. The molecular weight excluding hydrogens is 286 g/mol. The second-order valence-electron chi connectivity index (χ2n) is 5.90. The maximum absolute atomic E-state index is 12.2. The molecule has 1 fully saturated rings. The smallest absolute Gasteiger partial charge is 0.259 e. The van der Waals surface area contributed by atoms with Gasteiger partial charge in [-0.3, -0.25) is 9.69 Å². The SMILES string of the molecule is Cc1sc2nc(CN3CCCC(CO)C3)[nH]c(=O)c2c1C. The number of aliphatic hydroxyl groups excluding tert-OH is 1. The minimum absolute atomic E-state index is 0.0347. The summed E-state index contributed by atoms with van der Waals surface area (Å²) in [6, 6.07) is 0. The Morgan fingerprint density at radius 1 is 1.48 bits per heavy atom. The molecule has 1 atom stereocenters. The molecule has 0 amide bonds. The molecule has 1 unspecified atom stereocenters. The molecule has 3 heterocycles. The molecule has 2 aromatic heterocycles. The second kappa shape index (κ2) is 5.87. The van der Waals surface area contributed by atoms with Crippen molar-refractivity contribution in [1.29, 1.82) is 0 Å². The van der Waals surface area contributed by atoms with Crippen LogP contribution in [0.4, 0.5) is 0 Å². The normalized spacial score (nSPS) is 20.2. The highest BCUT2D eigenvalue weighted by atomic mass is 32.1. The Morgan fingerprint density at radius 2 is 2.29 bits per heavy atom. The number of nitrogens with zero attached hydrogens (tertiary/aromatic N) is 2. The van der Waals surface area contributed by atoms with E-state index < -0.39 is 0 Å². The molecule has 114 valence electrons. The summed E-state index contributed by atoms with van der Waals surface area (Å²) in [6.07, 6.45) is 2.17. The summed E-state index contributed by atoms with van der Waals surface area (Å²) in [6.45, 7) is 6.76. The van der Waals surface area contributed by atoms with Gasteiger partial charge in [0.15, 0.2) is 0 Å². The minimum Gasteiger partial charge on any atom is -0.396 e. The van der Waals surface area contributed by atoms with Crippen molar-refractivity contribution in [2.45, 2.75) is 33.2 Å². The van der Waals surface area contributed by atoms with Gasteiger partial charge in [-0.1, -0.05) is 0 Å². The zero-order valence-corrected chi connectivity index (χ0v) is 13.3. The number of thiophene rings is 1. The van der Waals surface area contributed by atoms with E-state index in [0.29, 0.717) is 12.5 Å². The van der Waals surface area contributed by atoms with Crippen LogP contribution in [0.1, 0.15) is 29.1 Å². The first kappa shape index (κ1) is 14.7. The molecule has 6 heteroatoms. The zero-order valence-electron chi connectivity index (χ0n) is 12.5. The predicted octanol–water partition coefficient (Wildman–Crippen LogP) is 1.81. The molecule has 0 bridgehead atoms. The summed E-state index contributed by atoms with van der Waals surface area (Å²) in [4.78, 5) is 24.0. The van der Waals surface area contributed by atoms with Crippen LogP contribution in [0.2, 0.25) is 0 Å². The van der Waals surface area contributed by atoms with Crippen molar-refractivity contribution in [2.75, 3.05) is 19.7 Å². The average Bonchev–Trinajstić information content (AvgIpc) is 2.74. The first-order valence-electron chi connectivity index (χ1n) is 7.40. The Morgan fingerprint density at radius 3 is 3.05 bits per heavy atom. The Bertz CT molecular complexity index is 707. The van der Waals surface area contributed by atoms with Crippen molar-refractivity contribution >= 4 is 21.6 Å². The van der Waals surface area contributed by atoms with E-state index in [1.165, 1.54) is 0 Å². The molecule has 0 saturated carbocycles. The number of aromatic amines is 1. The van der Waals surface area contributed by atoms with Gasteiger partial charge in [-0.2, -0.15) is 0 Å². The van der Waals surface area contributed by atoms with Gasteiger partial charge in [0, 0.05) is 18.0 Å². The maximum Gasteiger partial charge on any atom is 0.259 e. The molecule has 3 rings (SSSR count). The summed E-state index contributed by atoms with van der Waals surface area (Å²) >= 11 is 1.58. The van der Waals surface area contributed by atoms with E-state index >= 15 is 0 Å². The first-order chi connectivity index (χ1) is 10.1. The molecule has 0 aliphatic carbocycles. The number of rotatable bonds is 3. The van der Waals surface area contributed by atoms with Crippen molar-refractivity contribution in [3.8, 4) is 0 Å². The molecule has 2 aromatic rings. The largest absolute Gasteiger partial charge is 0.396 e. The van der Waals surface area contributed by atoms with E-state index in [1.807, 2.05) is 13.8 Å². The van der Waals surface area contributed by atoms with Crippen LogP contribution in [0.3, 0.4) is 0 Å². The van der Waals surface area contributed by atoms with Crippen molar-refractivity contribution in [1.82, 2.24) is 14.9 Å². The lowest BCUT2D eigenvalue weighted by molar-refractivity contribution is 0.114. The van der Waals surface area contributed by atoms with Gasteiger partial charge >= 0.3 is 0 Å². The lowest BCUT2D eigenvalue weighted by Gasteiger charge is -2.31. The molecule has 0 aromatic carbocycles. The molecular formula is C15H21N3O2S. The highest BCUT2D eigenvalue weighted by molar-refractivity contribution is 7.18. The molecule has 2 N–H and O–H groups in total. The van der Waals surface area contributed by atoms with Crippen LogP contribution >= 0.6 is 11.3 Å². The summed E-state index contributed by atoms with van der Waals surface area (Å²) in [5, 5.41) is 10.0. The number of aryl methyl sites for hydroxylation is 2. The molecule has 21 heavy (non-hydrogen) atoms. The van der Waals surface area contributed by atoms with Crippen LogP contribution < -0.4 is 5.56 Å². The van der Waals surface area contributed by atoms with Crippen molar-refractivity contribution in [3.05, 3.63) is 26.6 Å². The second-order valence-corrected chi connectivity index (χ2v) is 7.11. The van der Waals surface area contributed by atoms with Gasteiger partial charge in [0.05, 0.1) is 11.9 Å². The topological polar surface area (TPSA) is 69.2 Å². The summed E-state index contributed by atoms with van der Waals surface area (Å²) in [7, 11) is 0. The predicted molar refractivity (Wildman–Crippen MR) is 84.8 cm³/mol. The number of nitrogens with one attached hydrogen (secondary N) is 1. The number of aromatic nitrogens is 2. The number of hydrogen-bond donors (Lipinski definition) is 2. The fourth-order valence-electron chi connectivity index (χ4n) is 3.03. The standard InChI is InChI=1S/C15H21N3O2S/c1-9-10(2)21-15-13(9)14(20)16-12(17-15)7-18-5-3-4-11(6-18)8-19/h11,19H,3-8H2,1-2H3,(H,16,17,20). The molecule has 5 nitrogen and oxygen atoms in total. The Kier molecular flexibility index (Phi) is 4.10. The Labute approximate surface area is 127 Å². The average molecular weight is 307 g/mol. The van der Waals surface area contributed by atoms with E-state index in [4.69, 9.17) is 0 Å².